The molecule has 112 valence electrons. The quantitative estimate of drug-likeness (QED) is 0.789. The zero-order chi connectivity index (χ0) is 15.2. The van der Waals surface area contributed by atoms with E-state index in [1.165, 1.54) is 6.33 Å². The maximum Gasteiger partial charge on any atom is 0.177 e. The highest BCUT2D eigenvalue weighted by molar-refractivity contribution is 6.30. The van der Waals surface area contributed by atoms with E-state index < -0.39 is 0 Å². The predicted octanol–water partition coefficient (Wildman–Crippen LogP) is 2.78. The molecule has 0 amide bonds. The Hall–Kier alpha value is -1.88. The number of ketones is 1. The molecule has 0 saturated carbocycles. The highest BCUT2D eigenvalue weighted by Crippen LogP contribution is 2.15. The summed E-state index contributed by atoms with van der Waals surface area (Å²) in [7, 11) is 0. The molecular formula is C15H18ClN3O2. The third kappa shape index (κ3) is 4.86. The van der Waals surface area contributed by atoms with E-state index in [9.17, 15) is 4.79 Å². The number of rotatable bonds is 7. The lowest BCUT2D eigenvalue weighted by atomic mass is 10.2. The van der Waals surface area contributed by atoms with Crippen LogP contribution in [-0.2, 0) is 17.8 Å². The Morgan fingerprint density at radius 3 is 2.71 bits per heavy atom. The molecule has 0 spiro atoms. The first kappa shape index (κ1) is 15.5. The summed E-state index contributed by atoms with van der Waals surface area (Å²) < 4.78 is 7.20. The maximum absolute atomic E-state index is 12.0. The lowest BCUT2D eigenvalue weighted by Gasteiger charge is -2.08. The molecule has 0 aliphatic carbocycles. The number of benzene rings is 1. The summed E-state index contributed by atoms with van der Waals surface area (Å²) in [5, 5.41) is 4.77. The molecule has 0 aliphatic rings. The molecule has 0 fully saturated rings. The van der Waals surface area contributed by atoms with Crippen molar-refractivity contribution in [3.63, 3.8) is 0 Å². The number of nitrogens with zero attached hydrogens (tertiary/aromatic N) is 3. The van der Waals surface area contributed by atoms with E-state index >= 15 is 0 Å². The molecule has 0 atom stereocenters. The molecule has 2 rings (SSSR count). The number of hydrogen-bond donors (Lipinski definition) is 0. The summed E-state index contributed by atoms with van der Waals surface area (Å²) in [4.78, 5) is 16.1. The van der Waals surface area contributed by atoms with Crippen LogP contribution < -0.4 is 4.74 Å². The lowest BCUT2D eigenvalue weighted by molar-refractivity contribution is -0.120. The van der Waals surface area contributed by atoms with Crippen molar-refractivity contribution in [3.8, 4) is 5.75 Å². The smallest absolute Gasteiger partial charge is 0.177 e. The van der Waals surface area contributed by atoms with E-state index in [2.05, 4.69) is 23.9 Å². The van der Waals surface area contributed by atoms with Gasteiger partial charge in [-0.05, 0) is 30.2 Å². The molecule has 1 aromatic heterocycles. The summed E-state index contributed by atoms with van der Waals surface area (Å²) in [5.74, 6) is 1.71. The first-order chi connectivity index (χ1) is 10.0. The van der Waals surface area contributed by atoms with Gasteiger partial charge in [-0.2, -0.15) is 5.10 Å². The van der Waals surface area contributed by atoms with Crippen LogP contribution in [0.1, 0.15) is 19.7 Å². The Labute approximate surface area is 128 Å². The summed E-state index contributed by atoms with van der Waals surface area (Å²) >= 11 is 5.79. The number of hydrogen-bond acceptors (Lipinski definition) is 4. The summed E-state index contributed by atoms with van der Waals surface area (Å²) in [6.07, 6.45) is 1.70. The second kappa shape index (κ2) is 7.22. The van der Waals surface area contributed by atoms with E-state index in [0.29, 0.717) is 22.5 Å². The fourth-order valence-electron chi connectivity index (χ4n) is 1.85. The van der Waals surface area contributed by atoms with Crippen LogP contribution in [0.25, 0.3) is 0 Å². The van der Waals surface area contributed by atoms with Gasteiger partial charge in [-0.15, -0.1) is 0 Å². The van der Waals surface area contributed by atoms with E-state index in [0.717, 1.165) is 6.54 Å². The summed E-state index contributed by atoms with van der Waals surface area (Å²) in [6, 6.07) is 6.91. The first-order valence-electron chi connectivity index (χ1n) is 6.81. The maximum atomic E-state index is 12.0. The second-order valence-electron chi connectivity index (χ2n) is 5.21. The zero-order valence-corrected chi connectivity index (χ0v) is 12.9. The van der Waals surface area contributed by atoms with Crippen LogP contribution in [0.3, 0.4) is 0 Å². The zero-order valence-electron chi connectivity index (χ0n) is 12.1. The van der Waals surface area contributed by atoms with Crippen molar-refractivity contribution in [3.05, 3.63) is 41.4 Å². The van der Waals surface area contributed by atoms with Crippen LogP contribution in [0.15, 0.2) is 30.6 Å². The molecular weight excluding hydrogens is 290 g/mol. The average molecular weight is 308 g/mol. The van der Waals surface area contributed by atoms with Gasteiger partial charge in [0.15, 0.2) is 5.78 Å². The minimum absolute atomic E-state index is 0.0101. The fraction of sp³-hybridized carbons (Fsp3) is 0.400. The van der Waals surface area contributed by atoms with Crippen molar-refractivity contribution in [2.45, 2.75) is 26.8 Å². The highest BCUT2D eigenvalue weighted by Gasteiger charge is 2.12. The van der Waals surface area contributed by atoms with Crippen LogP contribution >= 0.6 is 11.6 Å². The number of carbonyl (C=O) groups is 1. The fourth-order valence-corrected chi connectivity index (χ4v) is 1.97. The molecule has 1 aromatic carbocycles. The van der Waals surface area contributed by atoms with E-state index in [-0.39, 0.29) is 18.8 Å². The summed E-state index contributed by atoms with van der Waals surface area (Å²) in [6.45, 7) is 4.95. The molecule has 5 nitrogen and oxygen atoms in total. The first-order valence-corrected chi connectivity index (χ1v) is 7.19. The molecule has 0 saturated heterocycles. The molecule has 21 heavy (non-hydrogen) atoms. The van der Waals surface area contributed by atoms with Gasteiger partial charge in [0.05, 0.1) is 6.42 Å². The molecule has 0 N–H and O–H groups in total. The molecule has 2 aromatic rings. The molecule has 0 unspecified atom stereocenters. The van der Waals surface area contributed by atoms with Crippen molar-refractivity contribution in [2.75, 3.05) is 6.61 Å². The predicted molar refractivity (Wildman–Crippen MR) is 80.5 cm³/mol. The van der Waals surface area contributed by atoms with Crippen molar-refractivity contribution >= 4 is 17.4 Å². The van der Waals surface area contributed by atoms with Gasteiger partial charge in [0.25, 0.3) is 0 Å². The van der Waals surface area contributed by atoms with Crippen molar-refractivity contribution < 1.29 is 9.53 Å². The van der Waals surface area contributed by atoms with Crippen LogP contribution in [-0.4, -0.2) is 27.2 Å². The third-order valence-electron chi connectivity index (χ3n) is 2.80. The molecule has 6 heteroatoms. The minimum Gasteiger partial charge on any atom is -0.486 e. The Kier molecular flexibility index (Phi) is 5.33. The van der Waals surface area contributed by atoms with Gasteiger partial charge < -0.3 is 4.74 Å². The van der Waals surface area contributed by atoms with Crippen LogP contribution in [0.4, 0.5) is 0 Å². The number of carbonyl (C=O) groups excluding carboxylic acids is 1. The standard InChI is InChI=1S/C15H18ClN3O2/c1-11(2)8-19-15(17-10-18-19)7-13(20)9-21-14-5-3-12(16)4-6-14/h3-6,10-11H,7-9H2,1-2H3. The van der Waals surface area contributed by atoms with Gasteiger partial charge >= 0.3 is 0 Å². The van der Waals surface area contributed by atoms with E-state index in [1.807, 2.05) is 0 Å². The Morgan fingerprint density at radius 2 is 2.05 bits per heavy atom. The number of Topliss-reactive ketones (excluding diaryl/α,β-unsaturated/α-hetero) is 1. The minimum atomic E-state index is -0.0389. The number of ether oxygens (including phenoxy) is 1. The topological polar surface area (TPSA) is 57.0 Å². The Morgan fingerprint density at radius 1 is 1.33 bits per heavy atom. The largest absolute Gasteiger partial charge is 0.486 e. The van der Waals surface area contributed by atoms with Gasteiger partial charge in [0.2, 0.25) is 0 Å². The van der Waals surface area contributed by atoms with Gasteiger partial charge in [-0.3, -0.25) is 4.79 Å². The van der Waals surface area contributed by atoms with Crippen LogP contribution in [0.5, 0.6) is 5.75 Å². The highest BCUT2D eigenvalue weighted by atomic mass is 35.5. The Bertz CT molecular complexity index is 593. The van der Waals surface area contributed by atoms with Crippen LogP contribution in [0, 0.1) is 5.92 Å². The lowest BCUT2D eigenvalue weighted by Crippen LogP contribution is -2.18. The summed E-state index contributed by atoms with van der Waals surface area (Å²) in [5.41, 5.74) is 0. The van der Waals surface area contributed by atoms with Crippen molar-refractivity contribution in [1.29, 1.82) is 0 Å². The number of halogens is 1. The normalized spacial score (nSPS) is 10.9. The molecule has 1 heterocycles. The molecule has 0 bridgehead atoms. The average Bonchev–Trinajstić information content (AvgIpc) is 2.84. The SMILES string of the molecule is CC(C)Cn1ncnc1CC(=O)COc1ccc(Cl)cc1. The molecule has 0 radical (unpaired) electrons. The van der Waals surface area contributed by atoms with Gasteiger partial charge in [0.1, 0.15) is 24.5 Å². The van der Waals surface area contributed by atoms with Gasteiger partial charge in [-0.25, -0.2) is 9.67 Å². The van der Waals surface area contributed by atoms with Crippen molar-refractivity contribution in [1.82, 2.24) is 14.8 Å². The van der Waals surface area contributed by atoms with Gasteiger partial charge in [-0.1, -0.05) is 25.4 Å². The van der Waals surface area contributed by atoms with E-state index in [1.54, 1.807) is 28.9 Å². The monoisotopic (exact) mass is 307 g/mol. The Balaban J connectivity index is 1.87. The third-order valence-corrected chi connectivity index (χ3v) is 3.05. The molecule has 0 aliphatic heterocycles. The van der Waals surface area contributed by atoms with Gasteiger partial charge in [0, 0.05) is 11.6 Å². The van der Waals surface area contributed by atoms with Crippen LogP contribution in [0.2, 0.25) is 5.02 Å². The van der Waals surface area contributed by atoms with Crippen molar-refractivity contribution in [2.24, 2.45) is 5.92 Å². The number of aromatic nitrogens is 3. The second-order valence-corrected chi connectivity index (χ2v) is 5.65. The van der Waals surface area contributed by atoms with E-state index in [4.69, 9.17) is 16.3 Å².